The zero-order valence-corrected chi connectivity index (χ0v) is 13.1. The lowest BCUT2D eigenvalue weighted by Gasteiger charge is -2.37. The molecular weight excluding hydrogens is 298 g/mol. The summed E-state index contributed by atoms with van der Waals surface area (Å²) in [7, 11) is -3.22. The number of sulfonamides is 1. The predicted molar refractivity (Wildman–Crippen MR) is 77.4 cm³/mol. The molecule has 2 unspecified atom stereocenters. The molecule has 0 aromatic heterocycles. The number of hydrogen-bond donors (Lipinski definition) is 3. The summed E-state index contributed by atoms with van der Waals surface area (Å²) in [5, 5.41) is 11.9. The molecule has 0 aromatic rings. The van der Waals surface area contributed by atoms with Crippen LogP contribution in [0.15, 0.2) is 0 Å². The van der Waals surface area contributed by atoms with Gasteiger partial charge in [-0.2, -0.15) is 0 Å². The highest BCUT2D eigenvalue weighted by atomic mass is 32.2. The van der Waals surface area contributed by atoms with Gasteiger partial charge in [-0.25, -0.2) is 22.7 Å². The highest BCUT2D eigenvalue weighted by molar-refractivity contribution is 7.88. The zero-order chi connectivity index (χ0) is 16.0. The Morgan fingerprint density at radius 3 is 2.57 bits per heavy atom. The molecule has 0 aliphatic carbocycles. The first-order valence-electron chi connectivity index (χ1n) is 6.94. The van der Waals surface area contributed by atoms with E-state index in [1.807, 2.05) is 6.92 Å². The van der Waals surface area contributed by atoms with Crippen molar-refractivity contribution < 1.29 is 23.1 Å². The number of aliphatic carboxylic acids is 1. The van der Waals surface area contributed by atoms with Crippen molar-refractivity contribution in [2.75, 3.05) is 25.9 Å². The van der Waals surface area contributed by atoms with E-state index < -0.39 is 28.1 Å². The summed E-state index contributed by atoms with van der Waals surface area (Å²) in [6.45, 7) is 2.78. The Labute approximate surface area is 124 Å². The molecule has 3 N–H and O–H groups in total. The van der Waals surface area contributed by atoms with Crippen molar-refractivity contribution in [3.8, 4) is 0 Å². The molecular formula is C12H23N3O5S. The standard InChI is InChI=1S/C12H23N3O5S/c1-9-5-3-8-15(10(9)11(16)17)12(18)13-6-4-7-14-21(2,19)20/h9-10,14H,3-8H2,1-2H3,(H,13,18)(H,16,17). The lowest BCUT2D eigenvalue weighted by Crippen LogP contribution is -2.55. The van der Waals surface area contributed by atoms with Crippen LogP contribution in [0, 0.1) is 5.92 Å². The third-order valence-electron chi connectivity index (χ3n) is 3.44. The molecule has 2 amide bonds. The molecule has 122 valence electrons. The SMILES string of the molecule is CC1CCCN(C(=O)NCCCNS(C)(=O)=O)C1C(=O)O. The highest BCUT2D eigenvalue weighted by Gasteiger charge is 2.36. The van der Waals surface area contributed by atoms with Crippen LogP contribution in [0.4, 0.5) is 4.79 Å². The molecule has 9 heteroatoms. The van der Waals surface area contributed by atoms with Gasteiger partial charge in [-0.05, 0) is 25.2 Å². The Kier molecular flexibility index (Phi) is 6.41. The summed E-state index contributed by atoms with van der Waals surface area (Å²) in [5.74, 6) is -1.06. The first-order chi connectivity index (χ1) is 9.72. The van der Waals surface area contributed by atoms with Crippen molar-refractivity contribution >= 4 is 22.0 Å². The van der Waals surface area contributed by atoms with E-state index in [1.165, 1.54) is 4.90 Å². The second-order valence-corrected chi connectivity index (χ2v) is 7.18. The van der Waals surface area contributed by atoms with Crippen LogP contribution in [0.1, 0.15) is 26.2 Å². The normalized spacial score (nSPS) is 22.9. The van der Waals surface area contributed by atoms with Gasteiger partial charge >= 0.3 is 12.0 Å². The number of urea groups is 1. The monoisotopic (exact) mass is 321 g/mol. The minimum atomic E-state index is -3.22. The first-order valence-corrected chi connectivity index (χ1v) is 8.83. The minimum absolute atomic E-state index is 0.0751. The van der Waals surface area contributed by atoms with Crippen LogP contribution >= 0.6 is 0 Å². The number of hydrogen-bond acceptors (Lipinski definition) is 4. The van der Waals surface area contributed by atoms with Gasteiger partial charge in [0.1, 0.15) is 6.04 Å². The largest absolute Gasteiger partial charge is 0.480 e. The van der Waals surface area contributed by atoms with Crippen molar-refractivity contribution in [2.45, 2.75) is 32.2 Å². The van der Waals surface area contributed by atoms with Crippen LogP contribution in [-0.4, -0.2) is 62.4 Å². The molecule has 1 saturated heterocycles. The minimum Gasteiger partial charge on any atom is -0.480 e. The third-order valence-corrected chi connectivity index (χ3v) is 4.17. The number of likely N-dealkylation sites (tertiary alicyclic amines) is 1. The lowest BCUT2D eigenvalue weighted by atomic mass is 9.91. The molecule has 0 saturated carbocycles. The number of carbonyl (C=O) groups excluding carboxylic acids is 1. The molecule has 1 fully saturated rings. The number of amides is 2. The summed E-state index contributed by atoms with van der Waals surface area (Å²) < 4.78 is 24.0. The van der Waals surface area contributed by atoms with Crippen molar-refractivity contribution in [1.82, 2.24) is 14.9 Å². The summed E-state index contributed by atoms with van der Waals surface area (Å²) in [6, 6.07) is -1.21. The van der Waals surface area contributed by atoms with Crippen molar-refractivity contribution in [1.29, 1.82) is 0 Å². The molecule has 1 rings (SSSR count). The Morgan fingerprint density at radius 2 is 2.00 bits per heavy atom. The second-order valence-electron chi connectivity index (χ2n) is 5.35. The summed E-state index contributed by atoms with van der Waals surface area (Å²) in [5.41, 5.74) is 0. The summed E-state index contributed by atoms with van der Waals surface area (Å²) in [6.07, 6.45) is 3.09. The van der Waals surface area contributed by atoms with Gasteiger partial charge in [-0.1, -0.05) is 6.92 Å². The van der Waals surface area contributed by atoms with Crippen LogP contribution in [-0.2, 0) is 14.8 Å². The Bertz CT molecular complexity index is 479. The number of nitrogens with one attached hydrogen (secondary N) is 2. The molecule has 0 bridgehead atoms. The van der Waals surface area contributed by atoms with E-state index in [4.69, 9.17) is 0 Å². The number of rotatable bonds is 6. The van der Waals surface area contributed by atoms with E-state index in [-0.39, 0.29) is 12.5 Å². The number of carboxylic acid groups (broad SMARTS) is 1. The van der Waals surface area contributed by atoms with E-state index in [9.17, 15) is 23.1 Å². The molecule has 21 heavy (non-hydrogen) atoms. The van der Waals surface area contributed by atoms with Crippen LogP contribution in [0.3, 0.4) is 0 Å². The molecule has 1 aliphatic rings. The number of carboxylic acids is 1. The van der Waals surface area contributed by atoms with Gasteiger partial charge in [0.05, 0.1) is 6.26 Å². The fourth-order valence-corrected chi connectivity index (χ4v) is 2.95. The fourth-order valence-electron chi connectivity index (χ4n) is 2.44. The average Bonchev–Trinajstić information content (AvgIpc) is 2.35. The fraction of sp³-hybridized carbons (Fsp3) is 0.833. The van der Waals surface area contributed by atoms with Gasteiger partial charge in [0.15, 0.2) is 0 Å². The van der Waals surface area contributed by atoms with Crippen LogP contribution < -0.4 is 10.0 Å². The maximum absolute atomic E-state index is 12.0. The maximum Gasteiger partial charge on any atom is 0.326 e. The molecule has 1 heterocycles. The molecule has 1 aliphatic heterocycles. The lowest BCUT2D eigenvalue weighted by molar-refractivity contribution is -0.145. The second kappa shape index (κ2) is 7.60. The quantitative estimate of drug-likeness (QED) is 0.587. The van der Waals surface area contributed by atoms with Gasteiger partial charge in [0.2, 0.25) is 10.0 Å². The molecule has 0 radical (unpaired) electrons. The van der Waals surface area contributed by atoms with Crippen LogP contribution in [0.25, 0.3) is 0 Å². The molecule has 0 spiro atoms. The Morgan fingerprint density at radius 1 is 1.33 bits per heavy atom. The Hall–Kier alpha value is -1.35. The van der Waals surface area contributed by atoms with Crippen LogP contribution in [0.2, 0.25) is 0 Å². The average molecular weight is 321 g/mol. The molecule has 2 atom stereocenters. The molecule has 0 aromatic carbocycles. The number of carbonyl (C=O) groups is 2. The third kappa shape index (κ3) is 5.88. The highest BCUT2D eigenvalue weighted by Crippen LogP contribution is 2.23. The number of nitrogens with zero attached hydrogens (tertiary/aromatic N) is 1. The smallest absolute Gasteiger partial charge is 0.326 e. The number of piperidine rings is 1. The van der Waals surface area contributed by atoms with Gasteiger partial charge in [-0.15, -0.1) is 0 Å². The van der Waals surface area contributed by atoms with Gasteiger partial charge in [0, 0.05) is 19.6 Å². The van der Waals surface area contributed by atoms with Gasteiger partial charge in [-0.3, -0.25) is 0 Å². The van der Waals surface area contributed by atoms with E-state index >= 15 is 0 Å². The van der Waals surface area contributed by atoms with Gasteiger partial charge < -0.3 is 15.3 Å². The summed E-state index contributed by atoms with van der Waals surface area (Å²) >= 11 is 0. The van der Waals surface area contributed by atoms with E-state index in [0.29, 0.717) is 19.5 Å². The van der Waals surface area contributed by atoms with E-state index in [2.05, 4.69) is 10.0 Å². The van der Waals surface area contributed by atoms with E-state index in [1.54, 1.807) is 0 Å². The molecule has 8 nitrogen and oxygen atoms in total. The summed E-state index contributed by atoms with van der Waals surface area (Å²) in [4.78, 5) is 24.6. The first kappa shape index (κ1) is 17.7. The van der Waals surface area contributed by atoms with Crippen LogP contribution in [0.5, 0.6) is 0 Å². The van der Waals surface area contributed by atoms with Crippen molar-refractivity contribution in [3.05, 3.63) is 0 Å². The van der Waals surface area contributed by atoms with Crippen molar-refractivity contribution in [3.63, 3.8) is 0 Å². The maximum atomic E-state index is 12.0. The zero-order valence-electron chi connectivity index (χ0n) is 12.3. The Balaban J connectivity index is 2.41. The topological polar surface area (TPSA) is 116 Å². The van der Waals surface area contributed by atoms with E-state index in [0.717, 1.165) is 19.1 Å². The van der Waals surface area contributed by atoms with Crippen molar-refractivity contribution in [2.24, 2.45) is 5.92 Å². The predicted octanol–water partition coefficient (Wildman–Crippen LogP) is -0.180. The van der Waals surface area contributed by atoms with Gasteiger partial charge in [0.25, 0.3) is 0 Å².